The minimum atomic E-state index is -1.82. The van der Waals surface area contributed by atoms with Gasteiger partial charge in [0.15, 0.2) is 0 Å². The zero-order valence-electron chi connectivity index (χ0n) is 19.4. The summed E-state index contributed by atoms with van der Waals surface area (Å²) in [6.45, 7) is 4.07. The van der Waals surface area contributed by atoms with Gasteiger partial charge in [-0.15, -0.1) is 0 Å². The van der Waals surface area contributed by atoms with E-state index in [0.717, 1.165) is 31.7 Å². The van der Waals surface area contributed by atoms with Crippen LogP contribution in [0.25, 0.3) is 10.9 Å². The zero-order chi connectivity index (χ0) is 24.9. The van der Waals surface area contributed by atoms with Crippen molar-refractivity contribution in [3.8, 4) is 0 Å². The lowest BCUT2D eigenvalue weighted by atomic mass is 9.88. The van der Waals surface area contributed by atoms with E-state index in [1.807, 2.05) is 18.3 Å². The highest BCUT2D eigenvalue weighted by atomic mass is 16.4. The number of anilines is 1. The summed E-state index contributed by atoms with van der Waals surface area (Å²) in [7, 11) is 0. The molecule has 1 atom stereocenters. The van der Waals surface area contributed by atoms with E-state index in [1.54, 1.807) is 4.90 Å². The van der Waals surface area contributed by atoms with Gasteiger partial charge in [-0.05, 0) is 85.6 Å². The maximum Gasteiger partial charge on any atom is 0.414 e. The fourth-order valence-corrected chi connectivity index (χ4v) is 5.11. The second-order valence-corrected chi connectivity index (χ2v) is 9.04. The number of aromatic amines is 1. The van der Waals surface area contributed by atoms with Crippen molar-refractivity contribution in [2.24, 2.45) is 5.73 Å². The molecule has 9 heteroatoms. The molecular formula is C26H30N4O5. The van der Waals surface area contributed by atoms with Crippen LogP contribution in [0.5, 0.6) is 0 Å². The van der Waals surface area contributed by atoms with Crippen molar-refractivity contribution in [1.29, 1.82) is 0 Å². The van der Waals surface area contributed by atoms with Crippen molar-refractivity contribution in [3.63, 3.8) is 0 Å². The van der Waals surface area contributed by atoms with Crippen molar-refractivity contribution in [3.05, 3.63) is 65.9 Å². The number of aromatic nitrogens is 1. The van der Waals surface area contributed by atoms with Gasteiger partial charge >= 0.3 is 18.0 Å². The molecule has 2 aliphatic heterocycles. The summed E-state index contributed by atoms with van der Waals surface area (Å²) in [5.41, 5.74) is 10.5. The Labute approximate surface area is 203 Å². The topological polar surface area (TPSA) is 140 Å². The summed E-state index contributed by atoms with van der Waals surface area (Å²) in [5.74, 6) is -2.61. The third kappa shape index (κ3) is 5.63. The van der Waals surface area contributed by atoms with E-state index in [-0.39, 0.29) is 6.03 Å². The van der Waals surface area contributed by atoms with E-state index in [4.69, 9.17) is 25.5 Å². The maximum absolute atomic E-state index is 11.8. The number of fused-ring (bicyclic) bond motifs is 2. The second kappa shape index (κ2) is 10.6. The highest BCUT2D eigenvalue weighted by Gasteiger charge is 2.31. The molecule has 0 unspecified atom stereocenters. The van der Waals surface area contributed by atoms with Crippen LogP contribution in [0.1, 0.15) is 42.2 Å². The molecule has 5 N–H and O–H groups in total. The third-order valence-electron chi connectivity index (χ3n) is 6.95. The molecule has 1 saturated heterocycles. The molecule has 0 radical (unpaired) electrons. The van der Waals surface area contributed by atoms with Crippen LogP contribution in [0.2, 0.25) is 0 Å². The van der Waals surface area contributed by atoms with Crippen molar-refractivity contribution in [2.45, 2.75) is 31.1 Å². The van der Waals surface area contributed by atoms with Crippen molar-refractivity contribution in [2.75, 3.05) is 31.1 Å². The predicted molar refractivity (Wildman–Crippen MR) is 133 cm³/mol. The lowest BCUT2D eigenvalue weighted by Gasteiger charge is -2.33. The Hall–Kier alpha value is -3.85. The van der Waals surface area contributed by atoms with Gasteiger partial charge in [-0.1, -0.05) is 24.3 Å². The standard InChI is InChI=1S/C24H28N4O.C2H2O4/c25-24(29)28-16-20(21-3-1-2-4-23(21)28)10-14-27-12-8-17(9-13-27)18-5-6-22-19(15-18)7-11-26-22;3-1(4)2(5)6/h1-7,11,15,17,20,26H,8-10,12-14,16H2,(H2,25,29);(H,3,4)(H,5,6)/t20-;/m1./s1. The Balaban J connectivity index is 0.000000431. The number of carbonyl (C=O) groups excluding carboxylic acids is 1. The van der Waals surface area contributed by atoms with Crippen LogP contribution in [0.15, 0.2) is 54.7 Å². The van der Waals surface area contributed by atoms with Crippen molar-refractivity contribution < 1.29 is 24.6 Å². The fourth-order valence-electron chi connectivity index (χ4n) is 5.11. The summed E-state index contributed by atoms with van der Waals surface area (Å²) >= 11 is 0. The van der Waals surface area contributed by atoms with Crippen LogP contribution in [0, 0.1) is 0 Å². The molecule has 184 valence electrons. The van der Waals surface area contributed by atoms with Gasteiger partial charge in [-0.2, -0.15) is 0 Å². The Morgan fingerprint density at radius 3 is 2.40 bits per heavy atom. The average Bonchev–Trinajstić information content (AvgIpc) is 3.48. The summed E-state index contributed by atoms with van der Waals surface area (Å²) in [4.78, 5) is 37.6. The Morgan fingerprint density at radius 1 is 1.00 bits per heavy atom. The molecular weight excluding hydrogens is 448 g/mol. The predicted octanol–water partition coefficient (Wildman–Crippen LogP) is 3.58. The molecule has 9 nitrogen and oxygen atoms in total. The van der Waals surface area contributed by atoms with E-state index >= 15 is 0 Å². The molecule has 3 heterocycles. The Morgan fingerprint density at radius 2 is 1.71 bits per heavy atom. The Bertz CT molecular complexity index is 1200. The highest BCUT2D eigenvalue weighted by Crippen LogP contribution is 2.38. The normalized spacial score (nSPS) is 18.1. The average molecular weight is 479 g/mol. The minimum absolute atomic E-state index is 0.347. The number of amides is 2. The van der Waals surface area contributed by atoms with E-state index < -0.39 is 11.9 Å². The van der Waals surface area contributed by atoms with Gasteiger partial charge in [0.1, 0.15) is 0 Å². The van der Waals surface area contributed by atoms with Crippen molar-refractivity contribution >= 4 is 34.6 Å². The summed E-state index contributed by atoms with van der Waals surface area (Å²) in [5, 5.41) is 16.1. The number of nitrogens with zero attached hydrogens (tertiary/aromatic N) is 2. The van der Waals surface area contributed by atoms with Crippen LogP contribution in [0.3, 0.4) is 0 Å². The number of H-pyrrole nitrogens is 1. The van der Waals surface area contributed by atoms with Gasteiger partial charge in [0.25, 0.3) is 0 Å². The number of carbonyl (C=O) groups is 3. The van der Waals surface area contributed by atoms with E-state index in [2.05, 4.69) is 46.3 Å². The highest BCUT2D eigenvalue weighted by molar-refractivity contribution is 6.27. The number of para-hydroxylation sites is 1. The Kier molecular flexibility index (Phi) is 7.36. The molecule has 0 aliphatic carbocycles. The fraction of sp³-hybridized carbons (Fsp3) is 0.346. The number of likely N-dealkylation sites (tertiary alicyclic amines) is 1. The number of hydrogen-bond donors (Lipinski definition) is 4. The zero-order valence-corrected chi connectivity index (χ0v) is 19.4. The molecule has 0 saturated carbocycles. The lowest BCUT2D eigenvalue weighted by Crippen LogP contribution is -2.36. The van der Waals surface area contributed by atoms with Crippen molar-refractivity contribution in [1.82, 2.24) is 9.88 Å². The number of nitrogens with two attached hydrogens (primary N) is 1. The number of benzene rings is 2. The van der Waals surface area contributed by atoms with E-state index in [0.29, 0.717) is 18.4 Å². The van der Waals surface area contributed by atoms with E-state index in [1.165, 1.54) is 34.9 Å². The second-order valence-electron chi connectivity index (χ2n) is 9.04. The molecule has 3 aromatic rings. The minimum Gasteiger partial charge on any atom is -0.473 e. The molecule has 35 heavy (non-hydrogen) atoms. The number of hydrogen-bond acceptors (Lipinski definition) is 4. The summed E-state index contributed by atoms with van der Waals surface area (Å²) in [6, 6.07) is 16.8. The molecule has 0 spiro atoms. The van der Waals surface area contributed by atoms with Crippen LogP contribution >= 0.6 is 0 Å². The number of primary amides is 1. The van der Waals surface area contributed by atoms with Gasteiger partial charge in [0, 0.05) is 29.9 Å². The van der Waals surface area contributed by atoms with Crippen LogP contribution in [-0.4, -0.2) is 64.2 Å². The number of carboxylic acids is 2. The number of urea groups is 1. The smallest absolute Gasteiger partial charge is 0.414 e. The molecule has 2 aromatic carbocycles. The largest absolute Gasteiger partial charge is 0.473 e. The number of carboxylic acid groups (broad SMARTS) is 2. The van der Waals surface area contributed by atoms with Crippen LogP contribution in [-0.2, 0) is 9.59 Å². The molecule has 2 aliphatic rings. The first-order valence-electron chi connectivity index (χ1n) is 11.7. The summed E-state index contributed by atoms with van der Waals surface area (Å²) in [6.07, 6.45) is 5.51. The third-order valence-corrected chi connectivity index (χ3v) is 6.95. The number of nitrogens with one attached hydrogen (secondary N) is 1. The summed E-state index contributed by atoms with van der Waals surface area (Å²) < 4.78 is 0. The van der Waals surface area contributed by atoms with Gasteiger partial charge in [-0.25, -0.2) is 14.4 Å². The first-order valence-corrected chi connectivity index (χ1v) is 11.7. The molecule has 5 rings (SSSR count). The number of rotatable bonds is 4. The molecule has 1 aromatic heterocycles. The monoisotopic (exact) mass is 478 g/mol. The van der Waals surface area contributed by atoms with Crippen LogP contribution < -0.4 is 10.6 Å². The first-order chi connectivity index (χ1) is 16.8. The maximum atomic E-state index is 11.8. The first kappa shape index (κ1) is 24.3. The van der Waals surface area contributed by atoms with E-state index in [9.17, 15) is 4.79 Å². The number of aliphatic carboxylic acids is 2. The molecule has 2 amide bonds. The quantitative estimate of drug-likeness (QED) is 0.423. The van der Waals surface area contributed by atoms with Gasteiger partial charge in [0.05, 0.1) is 0 Å². The van der Waals surface area contributed by atoms with Gasteiger partial charge in [0.2, 0.25) is 0 Å². The lowest BCUT2D eigenvalue weighted by molar-refractivity contribution is -0.159. The number of piperidine rings is 1. The molecule has 0 bridgehead atoms. The molecule has 1 fully saturated rings. The van der Waals surface area contributed by atoms with Gasteiger partial charge < -0.3 is 25.8 Å². The SMILES string of the molecule is NC(=O)N1C[C@@H](CCN2CCC(c3ccc4[nH]ccc4c3)CC2)c2ccccc21.O=C(O)C(=O)O. The van der Waals surface area contributed by atoms with Crippen LogP contribution in [0.4, 0.5) is 10.5 Å². The van der Waals surface area contributed by atoms with Gasteiger partial charge in [-0.3, -0.25) is 4.90 Å².